The van der Waals surface area contributed by atoms with Crippen molar-refractivity contribution in [2.24, 2.45) is 0 Å². The van der Waals surface area contributed by atoms with Crippen LogP contribution in [0.4, 0.5) is 0 Å². The van der Waals surface area contributed by atoms with Gasteiger partial charge in [-0.1, -0.05) is 42.5 Å². The van der Waals surface area contributed by atoms with Gasteiger partial charge in [0.2, 0.25) is 5.91 Å². The van der Waals surface area contributed by atoms with Crippen LogP contribution in [0.15, 0.2) is 54.6 Å². The molecule has 2 atom stereocenters. The second kappa shape index (κ2) is 8.31. The molecule has 0 aliphatic heterocycles. The zero-order chi connectivity index (χ0) is 16.7. The van der Waals surface area contributed by atoms with Gasteiger partial charge in [-0.2, -0.15) is 0 Å². The summed E-state index contributed by atoms with van der Waals surface area (Å²) in [6.07, 6.45) is -2.18. The first-order chi connectivity index (χ1) is 11.1. The minimum absolute atomic E-state index is 0.00833. The highest BCUT2D eigenvalue weighted by Crippen LogP contribution is 2.22. The van der Waals surface area contributed by atoms with Crippen molar-refractivity contribution < 1.29 is 19.7 Å². The van der Waals surface area contributed by atoms with E-state index in [2.05, 4.69) is 5.32 Å². The second-order valence-corrected chi connectivity index (χ2v) is 5.30. The first-order valence-electron chi connectivity index (χ1n) is 7.43. The normalized spacial score (nSPS) is 13.2. The van der Waals surface area contributed by atoms with Crippen LogP contribution in [-0.2, 0) is 11.4 Å². The Labute approximate surface area is 135 Å². The minimum atomic E-state index is -1.10. The molecule has 23 heavy (non-hydrogen) atoms. The molecule has 0 heterocycles. The molecule has 0 aromatic heterocycles. The maximum Gasteiger partial charge on any atom is 0.216 e. The summed E-state index contributed by atoms with van der Waals surface area (Å²) in [5.74, 6) is 0.355. The summed E-state index contributed by atoms with van der Waals surface area (Å²) in [7, 11) is 0. The molecule has 0 bridgehead atoms. The minimum Gasteiger partial charge on any atom is -0.489 e. The Hall–Kier alpha value is -2.37. The molecule has 0 spiro atoms. The van der Waals surface area contributed by atoms with Gasteiger partial charge in [-0.3, -0.25) is 4.79 Å². The van der Waals surface area contributed by atoms with E-state index in [9.17, 15) is 15.0 Å². The van der Waals surface area contributed by atoms with Crippen LogP contribution in [0.5, 0.6) is 5.75 Å². The number of carbonyl (C=O) groups is 1. The molecule has 2 aromatic carbocycles. The van der Waals surface area contributed by atoms with Gasteiger partial charge in [0.1, 0.15) is 24.6 Å². The number of aliphatic hydroxyl groups is 2. The molecular formula is C18H21NO4. The first kappa shape index (κ1) is 17.0. The Balaban J connectivity index is 1.97. The van der Waals surface area contributed by atoms with Gasteiger partial charge in [-0.05, 0) is 23.3 Å². The molecule has 1 amide bonds. The molecule has 0 saturated carbocycles. The van der Waals surface area contributed by atoms with Gasteiger partial charge in [0, 0.05) is 13.5 Å². The molecule has 2 aromatic rings. The number of hydrogen-bond donors (Lipinski definition) is 3. The van der Waals surface area contributed by atoms with E-state index >= 15 is 0 Å². The summed E-state index contributed by atoms with van der Waals surface area (Å²) in [6, 6.07) is 16.7. The van der Waals surface area contributed by atoms with Crippen LogP contribution < -0.4 is 10.1 Å². The molecule has 2 unspecified atom stereocenters. The van der Waals surface area contributed by atoms with E-state index in [-0.39, 0.29) is 12.5 Å². The number of aliphatic hydroxyl groups excluding tert-OH is 2. The van der Waals surface area contributed by atoms with Crippen LogP contribution in [0.25, 0.3) is 0 Å². The van der Waals surface area contributed by atoms with Crippen molar-refractivity contribution >= 4 is 5.91 Å². The largest absolute Gasteiger partial charge is 0.489 e. The Morgan fingerprint density at radius 2 is 1.87 bits per heavy atom. The molecule has 2 rings (SSSR count). The van der Waals surface area contributed by atoms with E-state index < -0.39 is 12.2 Å². The number of amides is 1. The van der Waals surface area contributed by atoms with E-state index in [1.165, 1.54) is 6.92 Å². The first-order valence-corrected chi connectivity index (χ1v) is 7.43. The monoisotopic (exact) mass is 315 g/mol. The van der Waals surface area contributed by atoms with Crippen LogP contribution >= 0.6 is 0 Å². The Morgan fingerprint density at radius 1 is 1.13 bits per heavy atom. The van der Waals surface area contributed by atoms with Gasteiger partial charge >= 0.3 is 0 Å². The van der Waals surface area contributed by atoms with Crippen molar-refractivity contribution in [1.29, 1.82) is 0 Å². The quantitative estimate of drug-likeness (QED) is 0.728. The number of rotatable bonds is 7. The number of carbonyl (C=O) groups excluding carboxylic acids is 1. The van der Waals surface area contributed by atoms with E-state index in [4.69, 9.17) is 4.74 Å². The second-order valence-electron chi connectivity index (χ2n) is 5.30. The summed E-state index contributed by atoms with van der Waals surface area (Å²) in [4.78, 5) is 10.9. The zero-order valence-electron chi connectivity index (χ0n) is 13.0. The molecule has 5 heteroatoms. The van der Waals surface area contributed by atoms with E-state index in [1.807, 2.05) is 30.3 Å². The number of hydrogen-bond acceptors (Lipinski definition) is 4. The zero-order valence-corrected chi connectivity index (χ0v) is 13.0. The molecule has 0 radical (unpaired) electrons. The molecule has 0 fully saturated rings. The van der Waals surface area contributed by atoms with E-state index in [1.54, 1.807) is 24.3 Å². The molecule has 122 valence electrons. The number of nitrogens with one attached hydrogen (secondary N) is 1. The third-order valence-corrected chi connectivity index (χ3v) is 3.37. The lowest BCUT2D eigenvalue weighted by molar-refractivity contribution is -0.119. The lowest BCUT2D eigenvalue weighted by Crippen LogP contribution is -2.34. The lowest BCUT2D eigenvalue weighted by Gasteiger charge is -2.19. The van der Waals surface area contributed by atoms with Crippen molar-refractivity contribution in [2.75, 3.05) is 6.54 Å². The predicted molar refractivity (Wildman–Crippen MR) is 86.9 cm³/mol. The van der Waals surface area contributed by atoms with Crippen molar-refractivity contribution in [1.82, 2.24) is 5.32 Å². The SMILES string of the molecule is CC(=O)NCC(O)C(O)c1cccc(OCc2ccccc2)c1. The van der Waals surface area contributed by atoms with Crippen molar-refractivity contribution in [3.63, 3.8) is 0 Å². The lowest BCUT2D eigenvalue weighted by atomic mass is 10.0. The number of ether oxygens (including phenoxy) is 1. The predicted octanol–water partition coefficient (Wildman–Crippen LogP) is 1.80. The summed E-state index contributed by atoms with van der Waals surface area (Å²) in [5.41, 5.74) is 1.58. The average Bonchev–Trinajstić information content (AvgIpc) is 2.58. The average molecular weight is 315 g/mol. The van der Waals surface area contributed by atoms with Gasteiger partial charge in [-0.15, -0.1) is 0 Å². The Kier molecular flexibility index (Phi) is 6.14. The van der Waals surface area contributed by atoms with Gasteiger partial charge in [0.05, 0.1) is 0 Å². The third kappa shape index (κ3) is 5.39. The fourth-order valence-corrected chi connectivity index (χ4v) is 2.11. The summed E-state index contributed by atoms with van der Waals surface area (Å²) in [5, 5.41) is 22.5. The highest BCUT2D eigenvalue weighted by molar-refractivity contribution is 5.72. The Morgan fingerprint density at radius 3 is 2.57 bits per heavy atom. The van der Waals surface area contributed by atoms with Gasteiger partial charge in [0.25, 0.3) is 0 Å². The summed E-state index contributed by atoms with van der Waals surface area (Å²) >= 11 is 0. The molecule has 0 saturated heterocycles. The smallest absolute Gasteiger partial charge is 0.216 e. The summed E-state index contributed by atoms with van der Waals surface area (Å²) < 4.78 is 5.70. The van der Waals surface area contributed by atoms with Crippen molar-refractivity contribution in [3.05, 3.63) is 65.7 Å². The summed E-state index contributed by atoms with van der Waals surface area (Å²) in [6.45, 7) is 1.78. The molecule has 5 nitrogen and oxygen atoms in total. The maximum absolute atomic E-state index is 10.9. The maximum atomic E-state index is 10.9. The highest BCUT2D eigenvalue weighted by Gasteiger charge is 2.19. The van der Waals surface area contributed by atoms with Crippen molar-refractivity contribution in [3.8, 4) is 5.75 Å². The van der Waals surface area contributed by atoms with Crippen LogP contribution in [-0.4, -0.2) is 28.8 Å². The van der Waals surface area contributed by atoms with Crippen LogP contribution in [0.2, 0.25) is 0 Å². The van der Waals surface area contributed by atoms with Crippen LogP contribution in [0.3, 0.4) is 0 Å². The van der Waals surface area contributed by atoms with Gasteiger partial charge in [0.15, 0.2) is 0 Å². The van der Waals surface area contributed by atoms with Crippen LogP contribution in [0.1, 0.15) is 24.2 Å². The van der Waals surface area contributed by atoms with Crippen LogP contribution in [0, 0.1) is 0 Å². The fourth-order valence-electron chi connectivity index (χ4n) is 2.11. The van der Waals surface area contributed by atoms with E-state index in [0.29, 0.717) is 17.9 Å². The highest BCUT2D eigenvalue weighted by atomic mass is 16.5. The third-order valence-electron chi connectivity index (χ3n) is 3.37. The molecule has 3 N–H and O–H groups in total. The van der Waals surface area contributed by atoms with Gasteiger partial charge < -0.3 is 20.3 Å². The molecule has 0 aliphatic carbocycles. The fraction of sp³-hybridized carbons (Fsp3) is 0.278. The van der Waals surface area contributed by atoms with Gasteiger partial charge in [-0.25, -0.2) is 0 Å². The molecule has 0 aliphatic rings. The Bertz CT molecular complexity index is 630. The van der Waals surface area contributed by atoms with Crippen molar-refractivity contribution in [2.45, 2.75) is 25.7 Å². The topological polar surface area (TPSA) is 78.8 Å². The standard InChI is InChI=1S/C18H21NO4/c1-13(20)19-11-17(21)18(22)15-8-5-9-16(10-15)23-12-14-6-3-2-4-7-14/h2-10,17-18,21-22H,11-12H2,1H3,(H,19,20). The van der Waals surface area contributed by atoms with E-state index in [0.717, 1.165) is 5.56 Å². The molecular weight excluding hydrogens is 294 g/mol. The number of benzene rings is 2.